The first-order valence-electron chi connectivity index (χ1n) is 5.99. The van der Waals surface area contributed by atoms with Crippen molar-refractivity contribution in [3.05, 3.63) is 14.7 Å². The van der Waals surface area contributed by atoms with E-state index in [4.69, 9.17) is 23.2 Å². The van der Waals surface area contributed by atoms with Gasteiger partial charge in [-0.05, 0) is 13.0 Å². The Bertz CT molecular complexity index is 581. The minimum atomic E-state index is 0.440. The molecule has 0 radical (unpaired) electrons. The highest BCUT2D eigenvalue weighted by molar-refractivity contribution is 7.20. The Hall–Kier alpha value is -0.820. The first-order chi connectivity index (χ1) is 9.13. The van der Waals surface area contributed by atoms with Crippen LogP contribution in [0, 0.1) is 0 Å². The van der Waals surface area contributed by atoms with E-state index in [2.05, 4.69) is 32.3 Å². The number of nitrogens with one attached hydrogen (secondary N) is 2. The van der Waals surface area contributed by atoms with E-state index in [0.717, 1.165) is 25.2 Å². The number of H-pyrrole nitrogens is 1. The minimum Gasteiger partial charge on any atom is -0.337 e. The molecule has 102 valence electrons. The van der Waals surface area contributed by atoms with Crippen LogP contribution in [-0.2, 0) is 0 Å². The number of aromatic nitrogens is 3. The van der Waals surface area contributed by atoms with E-state index < -0.39 is 0 Å². The number of rotatable bonds is 2. The fourth-order valence-electron chi connectivity index (χ4n) is 2.13. The molecule has 0 aromatic carbocycles. The smallest absolute Gasteiger partial charge is 0.245 e. The van der Waals surface area contributed by atoms with Crippen LogP contribution in [0.5, 0.6) is 0 Å². The summed E-state index contributed by atoms with van der Waals surface area (Å²) >= 11 is 13.4. The Kier molecular flexibility index (Phi) is 3.66. The van der Waals surface area contributed by atoms with Gasteiger partial charge in [-0.2, -0.15) is 4.98 Å². The van der Waals surface area contributed by atoms with Crippen molar-refractivity contribution >= 4 is 40.5 Å². The first kappa shape index (κ1) is 13.2. The molecule has 1 saturated heterocycles. The number of hydrogen-bond donors (Lipinski definition) is 2. The van der Waals surface area contributed by atoms with E-state index in [1.54, 1.807) is 6.07 Å². The van der Waals surface area contributed by atoms with Crippen molar-refractivity contribution in [3.63, 3.8) is 0 Å². The van der Waals surface area contributed by atoms with Crippen molar-refractivity contribution in [2.45, 2.75) is 13.0 Å². The molecule has 0 spiro atoms. The predicted octanol–water partition coefficient (Wildman–Crippen LogP) is 2.64. The molecule has 1 atom stereocenters. The van der Waals surface area contributed by atoms with Crippen molar-refractivity contribution in [2.75, 3.05) is 24.5 Å². The molecular weight excluding hydrogens is 305 g/mol. The van der Waals surface area contributed by atoms with E-state index in [1.165, 1.54) is 11.3 Å². The zero-order chi connectivity index (χ0) is 13.4. The fraction of sp³-hybridized carbons (Fsp3) is 0.455. The van der Waals surface area contributed by atoms with E-state index in [0.29, 0.717) is 26.5 Å². The SMILES string of the molecule is C[C@@H]1CN(c2n[nH]c(-c3cc(Cl)sc3Cl)n2)CCN1. The molecule has 0 saturated carbocycles. The van der Waals surface area contributed by atoms with Gasteiger partial charge in [0, 0.05) is 31.2 Å². The lowest BCUT2D eigenvalue weighted by molar-refractivity contribution is 0.480. The van der Waals surface area contributed by atoms with Gasteiger partial charge >= 0.3 is 0 Å². The van der Waals surface area contributed by atoms with Crippen molar-refractivity contribution in [1.82, 2.24) is 20.5 Å². The summed E-state index contributed by atoms with van der Waals surface area (Å²) in [5, 5.41) is 10.6. The van der Waals surface area contributed by atoms with Gasteiger partial charge in [0.05, 0.1) is 4.34 Å². The number of anilines is 1. The van der Waals surface area contributed by atoms with Crippen LogP contribution in [0.4, 0.5) is 5.95 Å². The largest absolute Gasteiger partial charge is 0.337 e. The van der Waals surface area contributed by atoms with Gasteiger partial charge in [-0.3, -0.25) is 5.10 Å². The molecule has 19 heavy (non-hydrogen) atoms. The molecule has 5 nitrogen and oxygen atoms in total. The fourth-order valence-corrected chi connectivity index (χ4v) is 3.60. The average Bonchev–Trinajstić information content (AvgIpc) is 2.96. The Labute approximate surface area is 124 Å². The summed E-state index contributed by atoms with van der Waals surface area (Å²) in [5.41, 5.74) is 0.804. The lowest BCUT2D eigenvalue weighted by Gasteiger charge is -2.30. The Morgan fingerprint density at radius 2 is 2.32 bits per heavy atom. The normalized spacial score (nSPS) is 19.9. The summed E-state index contributed by atoms with van der Waals surface area (Å²) in [6, 6.07) is 2.24. The molecule has 0 unspecified atom stereocenters. The van der Waals surface area contributed by atoms with E-state index in [-0.39, 0.29) is 0 Å². The summed E-state index contributed by atoms with van der Waals surface area (Å²) < 4.78 is 1.27. The van der Waals surface area contributed by atoms with Gasteiger partial charge in [0.1, 0.15) is 4.34 Å². The quantitative estimate of drug-likeness (QED) is 0.894. The average molecular weight is 318 g/mol. The maximum atomic E-state index is 6.12. The number of halogens is 2. The zero-order valence-corrected chi connectivity index (χ0v) is 12.6. The molecule has 2 N–H and O–H groups in total. The number of hydrogen-bond acceptors (Lipinski definition) is 5. The number of aromatic amines is 1. The first-order valence-corrected chi connectivity index (χ1v) is 7.56. The van der Waals surface area contributed by atoms with Crippen molar-refractivity contribution in [3.8, 4) is 11.4 Å². The molecule has 3 rings (SSSR count). The van der Waals surface area contributed by atoms with E-state index >= 15 is 0 Å². The van der Waals surface area contributed by atoms with Crippen LogP contribution < -0.4 is 10.2 Å². The third kappa shape index (κ3) is 2.72. The monoisotopic (exact) mass is 317 g/mol. The highest BCUT2D eigenvalue weighted by Crippen LogP contribution is 2.36. The van der Waals surface area contributed by atoms with Crippen LogP contribution in [0.3, 0.4) is 0 Å². The summed E-state index contributed by atoms with van der Waals surface area (Å²) in [5.74, 6) is 1.37. The maximum absolute atomic E-state index is 6.12. The van der Waals surface area contributed by atoms with Crippen molar-refractivity contribution in [2.24, 2.45) is 0 Å². The third-order valence-corrected chi connectivity index (χ3v) is 4.52. The summed E-state index contributed by atoms with van der Waals surface area (Å²) in [6.45, 7) is 4.89. The second-order valence-electron chi connectivity index (χ2n) is 4.52. The molecule has 2 aromatic heterocycles. The second kappa shape index (κ2) is 5.28. The van der Waals surface area contributed by atoms with E-state index in [1.807, 2.05) is 0 Å². The lowest BCUT2D eigenvalue weighted by atomic mass is 10.2. The van der Waals surface area contributed by atoms with Gasteiger partial charge in [-0.25, -0.2) is 0 Å². The predicted molar refractivity (Wildman–Crippen MR) is 79.4 cm³/mol. The molecule has 3 heterocycles. The van der Waals surface area contributed by atoms with Gasteiger partial charge in [-0.15, -0.1) is 16.4 Å². The summed E-state index contributed by atoms with van der Waals surface area (Å²) in [4.78, 5) is 6.66. The number of thiophene rings is 1. The van der Waals surface area contributed by atoms with E-state index in [9.17, 15) is 0 Å². The van der Waals surface area contributed by atoms with Gasteiger partial charge in [0.2, 0.25) is 5.95 Å². The van der Waals surface area contributed by atoms with Crippen LogP contribution in [0.15, 0.2) is 6.07 Å². The lowest BCUT2D eigenvalue weighted by Crippen LogP contribution is -2.49. The Morgan fingerprint density at radius 1 is 1.47 bits per heavy atom. The van der Waals surface area contributed by atoms with Gasteiger partial charge in [-0.1, -0.05) is 23.2 Å². The minimum absolute atomic E-state index is 0.440. The molecule has 1 fully saturated rings. The summed E-state index contributed by atoms with van der Waals surface area (Å²) in [6.07, 6.45) is 0. The Balaban J connectivity index is 1.85. The second-order valence-corrected chi connectivity index (χ2v) is 6.81. The molecular formula is C11H13Cl2N5S. The summed E-state index contributed by atoms with van der Waals surface area (Å²) in [7, 11) is 0. The molecule has 1 aliphatic rings. The molecule has 2 aromatic rings. The van der Waals surface area contributed by atoms with Crippen LogP contribution in [0.2, 0.25) is 8.67 Å². The standard InChI is InChI=1S/C11H13Cl2N5S/c1-6-5-18(3-2-14-6)11-15-10(16-17-11)7-4-8(12)19-9(7)13/h4,6,14H,2-3,5H2,1H3,(H,15,16,17)/t6-/m1/s1. The number of nitrogens with zero attached hydrogens (tertiary/aromatic N) is 3. The topological polar surface area (TPSA) is 56.8 Å². The molecule has 0 aliphatic carbocycles. The third-order valence-electron chi connectivity index (χ3n) is 3.04. The highest BCUT2D eigenvalue weighted by atomic mass is 35.5. The van der Waals surface area contributed by atoms with Crippen LogP contribution in [0.25, 0.3) is 11.4 Å². The molecule has 1 aliphatic heterocycles. The Morgan fingerprint density at radius 3 is 3.00 bits per heavy atom. The highest BCUT2D eigenvalue weighted by Gasteiger charge is 2.20. The van der Waals surface area contributed by atoms with Crippen molar-refractivity contribution < 1.29 is 0 Å². The molecule has 0 bridgehead atoms. The van der Waals surface area contributed by atoms with Gasteiger partial charge < -0.3 is 10.2 Å². The van der Waals surface area contributed by atoms with Crippen LogP contribution in [0.1, 0.15) is 6.92 Å². The van der Waals surface area contributed by atoms with Gasteiger partial charge in [0.25, 0.3) is 0 Å². The molecule has 8 heteroatoms. The van der Waals surface area contributed by atoms with Gasteiger partial charge in [0.15, 0.2) is 5.82 Å². The number of piperazine rings is 1. The zero-order valence-electron chi connectivity index (χ0n) is 10.3. The van der Waals surface area contributed by atoms with Crippen LogP contribution in [-0.4, -0.2) is 40.9 Å². The molecule has 0 amide bonds. The van der Waals surface area contributed by atoms with Crippen LogP contribution >= 0.6 is 34.5 Å². The maximum Gasteiger partial charge on any atom is 0.245 e. The van der Waals surface area contributed by atoms with Crippen molar-refractivity contribution in [1.29, 1.82) is 0 Å².